The first-order chi connectivity index (χ1) is 6.40. The number of H-pyrrole nitrogens is 1. The molecule has 0 bridgehead atoms. The highest BCUT2D eigenvalue weighted by atomic mass is 32.1. The topological polar surface area (TPSA) is 41.6 Å². The lowest BCUT2D eigenvalue weighted by atomic mass is 10.3. The van der Waals surface area contributed by atoms with Crippen LogP contribution in [-0.2, 0) is 0 Å². The lowest BCUT2D eigenvalue weighted by molar-refractivity contribution is 1.11. The van der Waals surface area contributed by atoms with E-state index < -0.39 is 0 Å². The fraction of sp³-hybridized carbons (Fsp3) is 0.111. The van der Waals surface area contributed by atoms with Crippen LogP contribution >= 0.6 is 12.6 Å². The lowest BCUT2D eigenvalue weighted by Gasteiger charge is -1.88. The van der Waals surface area contributed by atoms with Crippen molar-refractivity contribution in [2.24, 2.45) is 0 Å². The van der Waals surface area contributed by atoms with E-state index in [9.17, 15) is 0 Å². The van der Waals surface area contributed by atoms with Crippen molar-refractivity contribution in [2.75, 3.05) is 5.75 Å². The van der Waals surface area contributed by atoms with E-state index in [4.69, 9.17) is 0 Å². The Hall–Kier alpha value is -1.47. The number of aromatic amines is 1. The van der Waals surface area contributed by atoms with Crippen LogP contribution in [0.2, 0.25) is 0 Å². The molecule has 2 aromatic rings. The molecule has 0 fully saturated rings. The van der Waals surface area contributed by atoms with Gasteiger partial charge in [0.15, 0.2) is 0 Å². The first-order valence-electron chi connectivity index (χ1n) is 3.79. The standard InChI is InChI=1S/C9H7N3S/c13-3-1-2-8-4-7-5-11-12-9(7)6-10-8/h4-6,13H,3H2,(H,11,12). The minimum absolute atomic E-state index is 0.547. The summed E-state index contributed by atoms with van der Waals surface area (Å²) in [5, 5.41) is 7.75. The molecule has 3 nitrogen and oxygen atoms in total. The SMILES string of the molecule is SCC#Cc1cc2cn[nH]c2cn1. The fourth-order valence-electron chi connectivity index (χ4n) is 1.04. The van der Waals surface area contributed by atoms with Gasteiger partial charge in [0.1, 0.15) is 5.69 Å². The van der Waals surface area contributed by atoms with Gasteiger partial charge in [-0.15, -0.1) is 0 Å². The van der Waals surface area contributed by atoms with E-state index in [1.165, 1.54) is 0 Å². The van der Waals surface area contributed by atoms with Crippen molar-refractivity contribution < 1.29 is 0 Å². The van der Waals surface area contributed by atoms with E-state index in [1.54, 1.807) is 12.4 Å². The number of hydrogen-bond donors (Lipinski definition) is 2. The second-order valence-electron chi connectivity index (χ2n) is 2.49. The quantitative estimate of drug-likeness (QED) is 0.483. The molecule has 64 valence electrons. The van der Waals surface area contributed by atoms with Crippen LogP contribution in [-0.4, -0.2) is 20.9 Å². The molecular weight excluding hydrogens is 182 g/mol. The Labute approximate surface area is 81.0 Å². The maximum absolute atomic E-state index is 4.14. The van der Waals surface area contributed by atoms with Crippen molar-refractivity contribution in [1.82, 2.24) is 15.2 Å². The van der Waals surface area contributed by atoms with Crippen molar-refractivity contribution in [1.29, 1.82) is 0 Å². The monoisotopic (exact) mass is 189 g/mol. The largest absolute Gasteiger partial charge is 0.276 e. The predicted molar refractivity (Wildman–Crippen MR) is 54.6 cm³/mol. The average molecular weight is 189 g/mol. The summed E-state index contributed by atoms with van der Waals surface area (Å²) in [5.41, 5.74) is 1.68. The summed E-state index contributed by atoms with van der Waals surface area (Å²) < 4.78 is 0. The van der Waals surface area contributed by atoms with Crippen LogP contribution in [0.15, 0.2) is 18.5 Å². The molecule has 2 rings (SSSR count). The van der Waals surface area contributed by atoms with Gasteiger partial charge in [0.2, 0.25) is 0 Å². The van der Waals surface area contributed by atoms with Gasteiger partial charge in [-0.25, -0.2) is 4.98 Å². The van der Waals surface area contributed by atoms with E-state index >= 15 is 0 Å². The number of fused-ring (bicyclic) bond motifs is 1. The highest BCUT2D eigenvalue weighted by molar-refractivity contribution is 7.80. The van der Waals surface area contributed by atoms with Crippen molar-refractivity contribution in [3.63, 3.8) is 0 Å². The number of rotatable bonds is 0. The Kier molecular flexibility index (Phi) is 2.19. The fourth-order valence-corrected chi connectivity index (χ4v) is 1.12. The van der Waals surface area contributed by atoms with Gasteiger partial charge in [0.05, 0.1) is 23.7 Å². The molecule has 0 aromatic carbocycles. The van der Waals surface area contributed by atoms with Gasteiger partial charge in [-0.3, -0.25) is 5.10 Å². The summed E-state index contributed by atoms with van der Waals surface area (Å²) in [6.07, 6.45) is 3.48. The maximum atomic E-state index is 4.14. The van der Waals surface area contributed by atoms with Crippen LogP contribution < -0.4 is 0 Å². The Morgan fingerprint density at radius 3 is 3.23 bits per heavy atom. The zero-order valence-electron chi connectivity index (χ0n) is 6.78. The molecule has 0 radical (unpaired) electrons. The molecule has 0 aliphatic carbocycles. The average Bonchev–Trinajstić information content (AvgIpc) is 2.61. The minimum Gasteiger partial charge on any atom is -0.276 e. The van der Waals surface area contributed by atoms with Crippen molar-refractivity contribution >= 4 is 23.5 Å². The van der Waals surface area contributed by atoms with E-state index in [1.807, 2.05) is 6.07 Å². The lowest BCUT2D eigenvalue weighted by Crippen LogP contribution is -1.81. The van der Waals surface area contributed by atoms with Gasteiger partial charge in [0.25, 0.3) is 0 Å². The molecule has 2 heterocycles. The third-order valence-electron chi connectivity index (χ3n) is 1.62. The molecule has 0 spiro atoms. The third kappa shape index (κ3) is 1.65. The molecule has 1 N–H and O–H groups in total. The summed E-state index contributed by atoms with van der Waals surface area (Å²) in [7, 11) is 0. The molecule has 0 amide bonds. The summed E-state index contributed by atoms with van der Waals surface area (Å²) in [6, 6.07) is 1.90. The summed E-state index contributed by atoms with van der Waals surface area (Å²) in [5.74, 6) is 6.29. The Morgan fingerprint density at radius 2 is 2.38 bits per heavy atom. The van der Waals surface area contributed by atoms with E-state index in [-0.39, 0.29) is 0 Å². The number of aromatic nitrogens is 3. The Bertz CT molecular complexity index is 478. The predicted octanol–water partition coefficient (Wildman–Crippen LogP) is 1.24. The molecule has 0 saturated carbocycles. The second kappa shape index (κ2) is 3.50. The maximum Gasteiger partial charge on any atom is 0.113 e. The van der Waals surface area contributed by atoms with E-state index in [0.29, 0.717) is 5.75 Å². The van der Waals surface area contributed by atoms with Crippen molar-refractivity contribution in [2.45, 2.75) is 0 Å². The van der Waals surface area contributed by atoms with Crippen LogP contribution in [0.1, 0.15) is 5.69 Å². The van der Waals surface area contributed by atoms with E-state index in [0.717, 1.165) is 16.6 Å². The number of thiol groups is 1. The third-order valence-corrected chi connectivity index (χ3v) is 1.78. The van der Waals surface area contributed by atoms with E-state index in [2.05, 4.69) is 39.7 Å². The zero-order valence-corrected chi connectivity index (χ0v) is 7.68. The van der Waals surface area contributed by atoms with Crippen molar-refractivity contribution in [3.8, 4) is 11.8 Å². The van der Waals surface area contributed by atoms with Crippen LogP contribution in [0.3, 0.4) is 0 Å². The zero-order chi connectivity index (χ0) is 9.10. The normalized spacial score (nSPS) is 9.62. The van der Waals surface area contributed by atoms with Crippen LogP contribution in [0.4, 0.5) is 0 Å². The van der Waals surface area contributed by atoms with Crippen LogP contribution in [0.5, 0.6) is 0 Å². The Balaban J connectivity index is 2.48. The van der Waals surface area contributed by atoms with Crippen LogP contribution in [0.25, 0.3) is 10.9 Å². The first-order valence-corrected chi connectivity index (χ1v) is 4.42. The summed E-state index contributed by atoms with van der Waals surface area (Å²) in [6.45, 7) is 0. The molecule has 0 aliphatic rings. The molecule has 0 aliphatic heterocycles. The number of nitrogens with zero attached hydrogens (tertiary/aromatic N) is 2. The number of nitrogens with one attached hydrogen (secondary N) is 1. The number of pyridine rings is 1. The highest BCUT2D eigenvalue weighted by Gasteiger charge is 1.95. The molecular formula is C9H7N3S. The number of hydrogen-bond acceptors (Lipinski definition) is 3. The molecule has 2 aromatic heterocycles. The molecule has 4 heteroatoms. The minimum atomic E-state index is 0.547. The molecule has 0 atom stereocenters. The van der Waals surface area contributed by atoms with Crippen LogP contribution in [0, 0.1) is 11.8 Å². The van der Waals surface area contributed by atoms with Gasteiger partial charge in [-0.2, -0.15) is 17.7 Å². The first kappa shape index (κ1) is 8.14. The molecule has 13 heavy (non-hydrogen) atoms. The van der Waals surface area contributed by atoms with Gasteiger partial charge >= 0.3 is 0 Å². The Morgan fingerprint density at radius 1 is 1.46 bits per heavy atom. The van der Waals surface area contributed by atoms with Gasteiger partial charge < -0.3 is 0 Å². The van der Waals surface area contributed by atoms with Gasteiger partial charge in [0, 0.05) is 5.39 Å². The molecule has 0 unspecified atom stereocenters. The summed E-state index contributed by atoms with van der Waals surface area (Å²) in [4.78, 5) is 4.14. The highest BCUT2D eigenvalue weighted by Crippen LogP contribution is 2.08. The van der Waals surface area contributed by atoms with Gasteiger partial charge in [-0.05, 0) is 12.0 Å². The van der Waals surface area contributed by atoms with Gasteiger partial charge in [-0.1, -0.05) is 5.92 Å². The molecule has 0 saturated heterocycles. The smallest absolute Gasteiger partial charge is 0.113 e. The van der Waals surface area contributed by atoms with Crippen molar-refractivity contribution in [3.05, 3.63) is 24.2 Å². The second-order valence-corrected chi connectivity index (χ2v) is 2.80. The summed E-state index contributed by atoms with van der Waals surface area (Å²) >= 11 is 3.99.